The van der Waals surface area contributed by atoms with Gasteiger partial charge in [0.2, 0.25) is 0 Å². The number of hydrogen-bond donors (Lipinski definition) is 0. The number of rotatable bonds is 5. The van der Waals surface area contributed by atoms with Crippen LogP contribution >= 0.6 is 11.3 Å². The molecule has 2 aliphatic carbocycles. The third kappa shape index (κ3) is 5.52. The van der Waals surface area contributed by atoms with Crippen LogP contribution in [0.25, 0.3) is 20.8 Å². The van der Waals surface area contributed by atoms with Crippen molar-refractivity contribution in [1.29, 1.82) is 0 Å². The first-order valence-corrected chi connectivity index (χ1v) is 16.6. The summed E-state index contributed by atoms with van der Waals surface area (Å²) in [5.41, 5.74) is 11.4. The van der Waals surface area contributed by atoms with E-state index in [1.54, 1.807) is 5.56 Å². The average molecular weight is 556 g/mol. The minimum atomic E-state index is 0.608. The third-order valence-corrected chi connectivity index (χ3v) is 11.2. The fourth-order valence-corrected chi connectivity index (χ4v) is 8.75. The van der Waals surface area contributed by atoms with Gasteiger partial charge >= 0.3 is 0 Å². The standard InChI is InChI=1S/C39H41NS/c1-26-8-12-28(13-9-26)30-16-20-32(21-17-30)35-24-25-36(38-37(35)40-39(41-38)34-6-4-3-5-7-34)33-22-18-31(19-23-33)29-14-10-27(2)11-15-29/h3-15,24-25,30-33H,16-23H2,1-2H3. The van der Waals surface area contributed by atoms with Crippen molar-refractivity contribution in [3.05, 3.63) is 124 Å². The molecule has 208 valence electrons. The van der Waals surface area contributed by atoms with Gasteiger partial charge in [0.1, 0.15) is 5.01 Å². The Morgan fingerprint density at radius 1 is 0.512 bits per heavy atom. The molecule has 4 aromatic carbocycles. The average Bonchev–Trinajstić information content (AvgIpc) is 3.48. The maximum Gasteiger partial charge on any atom is 0.124 e. The molecule has 2 saturated carbocycles. The summed E-state index contributed by atoms with van der Waals surface area (Å²) in [5.74, 6) is 2.64. The summed E-state index contributed by atoms with van der Waals surface area (Å²) in [4.78, 5) is 5.39. The van der Waals surface area contributed by atoms with Crippen LogP contribution < -0.4 is 0 Å². The number of thiazole rings is 1. The van der Waals surface area contributed by atoms with Gasteiger partial charge in [0.15, 0.2) is 0 Å². The third-order valence-electron chi connectivity index (χ3n) is 10.1. The highest BCUT2D eigenvalue weighted by molar-refractivity contribution is 7.21. The number of aryl methyl sites for hydroxylation is 2. The first-order chi connectivity index (χ1) is 20.1. The summed E-state index contributed by atoms with van der Waals surface area (Å²) >= 11 is 1.94. The Balaban J connectivity index is 1.16. The van der Waals surface area contributed by atoms with Gasteiger partial charge in [-0.25, -0.2) is 4.98 Å². The van der Waals surface area contributed by atoms with E-state index in [9.17, 15) is 0 Å². The van der Waals surface area contributed by atoms with Gasteiger partial charge in [-0.3, -0.25) is 0 Å². The second-order valence-corrected chi connectivity index (χ2v) is 13.7. The van der Waals surface area contributed by atoms with Gasteiger partial charge in [-0.15, -0.1) is 11.3 Å². The molecule has 2 fully saturated rings. The summed E-state index contributed by atoms with van der Waals surface area (Å²) in [6.07, 6.45) is 10.2. The van der Waals surface area contributed by atoms with E-state index < -0.39 is 0 Å². The lowest BCUT2D eigenvalue weighted by atomic mass is 9.74. The molecule has 2 heteroatoms. The molecule has 41 heavy (non-hydrogen) atoms. The van der Waals surface area contributed by atoms with Crippen molar-refractivity contribution in [3.8, 4) is 10.6 Å². The van der Waals surface area contributed by atoms with Crippen LogP contribution in [-0.4, -0.2) is 4.98 Å². The molecule has 1 heterocycles. The SMILES string of the molecule is Cc1ccc(C2CCC(c3ccc(C4CCC(c5ccc(C)cc5)CC4)c4sc(-c5ccccc5)nc34)CC2)cc1. The molecule has 0 radical (unpaired) electrons. The zero-order valence-electron chi connectivity index (χ0n) is 24.5. The predicted octanol–water partition coefficient (Wildman–Crippen LogP) is 11.5. The Kier molecular flexibility index (Phi) is 7.52. The molecule has 0 unspecified atom stereocenters. The first kappa shape index (κ1) is 26.7. The summed E-state index contributed by atoms with van der Waals surface area (Å²) in [7, 11) is 0. The highest BCUT2D eigenvalue weighted by Gasteiger charge is 2.29. The number of nitrogens with zero attached hydrogens (tertiary/aromatic N) is 1. The van der Waals surface area contributed by atoms with Crippen molar-refractivity contribution < 1.29 is 0 Å². The van der Waals surface area contributed by atoms with Gasteiger partial charge in [-0.05, 0) is 111 Å². The molecule has 0 bridgehead atoms. The van der Waals surface area contributed by atoms with E-state index in [2.05, 4.69) is 105 Å². The molecule has 2 aliphatic rings. The van der Waals surface area contributed by atoms with Crippen molar-refractivity contribution in [3.63, 3.8) is 0 Å². The molecule has 1 nitrogen and oxygen atoms in total. The van der Waals surface area contributed by atoms with Crippen molar-refractivity contribution in [2.24, 2.45) is 0 Å². The van der Waals surface area contributed by atoms with Crippen LogP contribution in [0, 0.1) is 13.8 Å². The number of aromatic nitrogens is 1. The van der Waals surface area contributed by atoms with Gasteiger partial charge < -0.3 is 0 Å². The van der Waals surface area contributed by atoms with Crippen LogP contribution in [0.5, 0.6) is 0 Å². The Bertz CT molecular complexity index is 1490. The van der Waals surface area contributed by atoms with Crippen LogP contribution in [0.4, 0.5) is 0 Å². The Morgan fingerprint density at radius 3 is 1.51 bits per heavy atom. The molecule has 1 aromatic heterocycles. The minimum Gasteiger partial charge on any atom is -0.236 e. The van der Waals surface area contributed by atoms with Gasteiger partial charge in [-0.1, -0.05) is 102 Å². The highest BCUT2D eigenvalue weighted by Crippen LogP contribution is 2.48. The lowest BCUT2D eigenvalue weighted by molar-refractivity contribution is 0.395. The van der Waals surface area contributed by atoms with E-state index in [0.29, 0.717) is 23.7 Å². The molecule has 0 N–H and O–H groups in total. The molecule has 0 saturated heterocycles. The molecule has 0 amide bonds. The lowest BCUT2D eigenvalue weighted by Gasteiger charge is -2.31. The van der Waals surface area contributed by atoms with Crippen molar-refractivity contribution >= 4 is 21.6 Å². The summed E-state index contributed by atoms with van der Waals surface area (Å²) < 4.78 is 1.46. The predicted molar refractivity (Wildman–Crippen MR) is 175 cm³/mol. The maximum absolute atomic E-state index is 5.39. The summed E-state index contributed by atoms with van der Waals surface area (Å²) in [5, 5.41) is 1.18. The highest BCUT2D eigenvalue weighted by atomic mass is 32.1. The van der Waals surface area contributed by atoms with Crippen molar-refractivity contribution in [2.75, 3.05) is 0 Å². The van der Waals surface area contributed by atoms with Gasteiger partial charge in [-0.2, -0.15) is 0 Å². The molecule has 5 aromatic rings. The lowest BCUT2D eigenvalue weighted by Crippen LogP contribution is -2.14. The van der Waals surface area contributed by atoms with E-state index in [-0.39, 0.29) is 0 Å². The van der Waals surface area contributed by atoms with Crippen LogP contribution in [0.15, 0.2) is 91.0 Å². The Hall–Kier alpha value is -3.23. The second-order valence-electron chi connectivity index (χ2n) is 12.7. The second kappa shape index (κ2) is 11.6. The molecule has 7 rings (SSSR count). The van der Waals surface area contributed by atoms with Crippen LogP contribution in [0.3, 0.4) is 0 Å². The van der Waals surface area contributed by atoms with Crippen LogP contribution in [0.2, 0.25) is 0 Å². The van der Waals surface area contributed by atoms with Gasteiger partial charge in [0, 0.05) is 5.56 Å². The monoisotopic (exact) mass is 555 g/mol. The van der Waals surface area contributed by atoms with E-state index in [0.717, 1.165) is 0 Å². The normalized spacial score (nSPS) is 23.1. The zero-order valence-corrected chi connectivity index (χ0v) is 25.3. The quantitative estimate of drug-likeness (QED) is 0.210. The molecule has 0 atom stereocenters. The minimum absolute atomic E-state index is 0.608. The zero-order chi connectivity index (χ0) is 27.8. The smallest absolute Gasteiger partial charge is 0.124 e. The van der Waals surface area contributed by atoms with E-state index in [1.165, 1.54) is 100.0 Å². The largest absolute Gasteiger partial charge is 0.236 e. The van der Waals surface area contributed by atoms with Crippen molar-refractivity contribution in [2.45, 2.75) is 88.9 Å². The van der Waals surface area contributed by atoms with Crippen LogP contribution in [0.1, 0.15) is 108 Å². The number of hydrogen-bond acceptors (Lipinski definition) is 2. The van der Waals surface area contributed by atoms with E-state index in [4.69, 9.17) is 4.98 Å². The molecular weight excluding hydrogens is 515 g/mol. The molecular formula is C39H41NS. The topological polar surface area (TPSA) is 12.9 Å². The summed E-state index contributed by atoms with van der Waals surface area (Å²) in [6, 6.07) is 34.3. The van der Waals surface area contributed by atoms with Gasteiger partial charge in [0.05, 0.1) is 10.2 Å². The number of benzene rings is 4. The van der Waals surface area contributed by atoms with Crippen molar-refractivity contribution in [1.82, 2.24) is 4.98 Å². The Labute approximate surface area is 249 Å². The maximum atomic E-state index is 5.39. The first-order valence-electron chi connectivity index (χ1n) is 15.7. The van der Waals surface area contributed by atoms with Gasteiger partial charge in [0.25, 0.3) is 0 Å². The van der Waals surface area contributed by atoms with E-state index >= 15 is 0 Å². The van der Waals surface area contributed by atoms with Crippen LogP contribution in [-0.2, 0) is 0 Å². The fourth-order valence-electron chi connectivity index (χ4n) is 7.55. The summed E-state index contributed by atoms with van der Waals surface area (Å²) in [6.45, 7) is 4.37. The molecule has 0 aliphatic heterocycles. The fraction of sp³-hybridized carbons (Fsp3) is 0.359. The van der Waals surface area contributed by atoms with E-state index in [1.807, 2.05) is 11.3 Å². The Morgan fingerprint density at radius 2 is 0.976 bits per heavy atom. The number of fused-ring (bicyclic) bond motifs is 1. The molecule has 0 spiro atoms.